The fraction of sp³-hybridized carbons (Fsp3) is 0.300. The number of hydrogen-bond acceptors (Lipinski definition) is 2. The number of nitrogens with zero attached hydrogens (tertiary/aromatic N) is 1. The van der Waals surface area contributed by atoms with Gasteiger partial charge in [-0.1, -0.05) is 0 Å². The second-order valence-electron chi connectivity index (χ2n) is 2.82. The zero-order chi connectivity index (χ0) is 10.4. The van der Waals surface area contributed by atoms with Crippen molar-refractivity contribution in [3.63, 3.8) is 0 Å². The number of hydrogen-bond donors (Lipinski definition) is 1. The van der Waals surface area contributed by atoms with Gasteiger partial charge in [0.05, 0.1) is 6.07 Å². The molecule has 1 aromatic rings. The first kappa shape index (κ1) is 10.6. The summed E-state index contributed by atoms with van der Waals surface area (Å²) in [5.74, 6) is -0.889. The summed E-state index contributed by atoms with van der Waals surface area (Å²) in [7, 11) is 0. The summed E-state index contributed by atoms with van der Waals surface area (Å²) in [6.07, 6.45) is 0.358. The minimum Gasteiger partial charge on any atom is -0.312 e. The van der Waals surface area contributed by atoms with Gasteiger partial charge in [0.2, 0.25) is 0 Å². The average Bonchev–Trinajstić information content (AvgIpc) is 2.18. The number of nitriles is 1. The molecule has 0 aliphatic heterocycles. The van der Waals surface area contributed by atoms with Crippen LogP contribution in [-0.2, 0) is 6.54 Å². The van der Waals surface area contributed by atoms with E-state index in [1.165, 1.54) is 0 Å². The summed E-state index contributed by atoms with van der Waals surface area (Å²) in [6, 6.07) is 5.27. The predicted octanol–water partition coefficient (Wildman–Crippen LogP) is 1.97. The first-order valence-corrected chi connectivity index (χ1v) is 4.25. The Morgan fingerprint density at radius 3 is 2.86 bits per heavy atom. The average molecular weight is 196 g/mol. The van der Waals surface area contributed by atoms with E-state index >= 15 is 0 Å². The largest absolute Gasteiger partial charge is 0.312 e. The van der Waals surface area contributed by atoms with E-state index in [9.17, 15) is 8.78 Å². The van der Waals surface area contributed by atoms with E-state index < -0.39 is 11.6 Å². The normalized spacial score (nSPS) is 9.79. The van der Waals surface area contributed by atoms with Crippen LogP contribution in [-0.4, -0.2) is 6.54 Å². The van der Waals surface area contributed by atoms with Gasteiger partial charge in [0.15, 0.2) is 0 Å². The van der Waals surface area contributed by atoms with E-state index in [2.05, 4.69) is 5.32 Å². The van der Waals surface area contributed by atoms with Gasteiger partial charge in [0, 0.05) is 25.1 Å². The SMILES string of the molecule is N#CCCNCc1cc(F)ccc1F. The van der Waals surface area contributed by atoms with E-state index in [0.717, 1.165) is 18.2 Å². The lowest BCUT2D eigenvalue weighted by Crippen LogP contribution is -2.15. The summed E-state index contributed by atoms with van der Waals surface area (Å²) in [4.78, 5) is 0. The monoisotopic (exact) mass is 196 g/mol. The first-order valence-electron chi connectivity index (χ1n) is 4.25. The van der Waals surface area contributed by atoms with Crippen molar-refractivity contribution in [2.45, 2.75) is 13.0 Å². The minimum atomic E-state index is -0.455. The van der Waals surface area contributed by atoms with Crippen LogP contribution >= 0.6 is 0 Å². The Labute approximate surface area is 81.2 Å². The molecule has 0 saturated carbocycles. The molecule has 1 N–H and O–H groups in total. The Morgan fingerprint density at radius 1 is 1.36 bits per heavy atom. The van der Waals surface area contributed by atoms with Gasteiger partial charge >= 0.3 is 0 Å². The van der Waals surface area contributed by atoms with Crippen molar-refractivity contribution in [3.05, 3.63) is 35.4 Å². The molecule has 0 aliphatic carbocycles. The summed E-state index contributed by atoms with van der Waals surface area (Å²) in [5, 5.41) is 11.1. The molecular formula is C10H10F2N2. The third-order valence-electron chi connectivity index (χ3n) is 1.74. The zero-order valence-corrected chi connectivity index (χ0v) is 7.56. The summed E-state index contributed by atoms with van der Waals surface area (Å²) >= 11 is 0. The third kappa shape index (κ3) is 3.11. The molecule has 0 fully saturated rings. The van der Waals surface area contributed by atoms with Gasteiger partial charge in [-0.3, -0.25) is 0 Å². The molecule has 0 radical (unpaired) electrons. The van der Waals surface area contributed by atoms with E-state index in [-0.39, 0.29) is 12.1 Å². The van der Waals surface area contributed by atoms with E-state index in [1.807, 2.05) is 6.07 Å². The fourth-order valence-electron chi connectivity index (χ4n) is 1.05. The Hall–Kier alpha value is -1.47. The van der Waals surface area contributed by atoms with Gasteiger partial charge in [-0.05, 0) is 18.2 Å². The smallest absolute Gasteiger partial charge is 0.127 e. The van der Waals surface area contributed by atoms with Crippen LogP contribution in [0.15, 0.2) is 18.2 Å². The highest BCUT2D eigenvalue weighted by Gasteiger charge is 2.02. The quantitative estimate of drug-likeness (QED) is 0.747. The molecule has 0 saturated heterocycles. The van der Waals surface area contributed by atoms with Crippen molar-refractivity contribution < 1.29 is 8.78 Å². The van der Waals surface area contributed by atoms with Gasteiger partial charge in [-0.25, -0.2) is 8.78 Å². The van der Waals surface area contributed by atoms with Gasteiger partial charge in [0.25, 0.3) is 0 Å². The van der Waals surface area contributed by atoms with Crippen molar-refractivity contribution in [3.8, 4) is 6.07 Å². The van der Waals surface area contributed by atoms with Gasteiger partial charge < -0.3 is 5.32 Å². The van der Waals surface area contributed by atoms with Crippen LogP contribution < -0.4 is 5.32 Å². The van der Waals surface area contributed by atoms with Crippen molar-refractivity contribution in [2.24, 2.45) is 0 Å². The molecule has 1 rings (SSSR count). The second-order valence-corrected chi connectivity index (χ2v) is 2.82. The molecule has 0 atom stereocenters. The van der Waals surface area contributed by atoms with Crippen molar-refractivity contribution in [1.82, 2.24) is 5.32 Å². The molecule has 0 amide bonds. The summed E-state index contributed by atoms with van der Waals surface area (Å²) in [6.45, 7) is 0.720. The van der Waals surface area contributed by atoms with Crippen molar-refractivity contribution in [2.75, 3.05) is 6.54 Å². The standard InChI is InChI=1S/C10H10F2N2/c11-9-2-3-10(12)8(6-9)7-14-5-1-4-13/h2-3,6,14H,1,5,7H2. The van der Waals surface area contributed by atoms with Crippen LogP contribution in [0.1, 0.15) is 12.0 Å². The second kappa shape index (κ2) is 5.30. The van der Waals surface area contributed by atoms with Crippen molar-refractivity contribution in [1.29, 1.82) is 5.26 Å². The van der Waals surface area contributed by atoms with E-state index in [1.54, 1.807) is 0 Å². The molecule has 0 spiro atoms. The molecule has 0 aliphatic rings. The van der Waals surface area contributed by atoms with Crippen LogP contribution in [0.25, 0.3) is 0 Å². The molecule has 0 bridgehead atoms. The predicted molar refractivity (Wildman–Crippen MR) is 48.3 cm³/mol. The molecule has 0 heterocycles. The third-order valence-corrected chi connectivity index (χ3v) is 1.74. The number of rotatable bonds is 4. The Kier molecular flexibility index (Phi) is 4.02. The van der Waals surface area contributed by atoms with Crippen LogP contribution in [0.2, 0.25) is 0 Å². The Morgan fingerprint density at radius 2 is 2.14 bits per heavy atom. The maximum atomic E-state index is 13.0. The van der Waals surface area contributed by atoms with Crippen molar-refractivity contribution >= 4 is 0 Å². The summed E-state index contributed by atoms with van der Waals surface area (Å²) in [5.41, 5.74) is 0.280. The number of nitrogens with one attached hydrogen (secondary N) is 1. The van der Waals surface area contributed by atoms with E-state index in [4.69, 9.17) is 5.26 Å². The Balaban J connectivity index is 2.50. The maximum absolute atomic E-state index is 13.0. The Bertz CT molecular complexity index is 344. The van der Waals surface area contributed by atoms with Gasteiger partial charge in [-0.15, -0.1) is 0 Å². The number of benzene rings is 1. The highest BCUT2D eigenvalue weighted by molar-refractivity contribution is 5.18. The van der Waals surface area contributed by atoms with Crippen LogP contribution in [0.4, 0.5) is 8.78 Å². The fourth-order valence-corrected chi connectivity index (χ4v) is 1.05. The zero-order valence-electron chi connectivity index (χ0n) is 7.56. The van der Waals surface area contributed by atoms with Crippen LogP contribution in [0.3, 0.4) is 0 Å². The molecule has 0 aromatic heterocycles. The molecule has 4 heteroatoms. The molecule has 2 nitrogen and oxygen atoms in total. The lowest BCUT2D eigenvalue weighted by molar-refractivity contribution is 0.570. The molecule has 74 valence electrons. The minimum absolute atomic E-state index is 0.241. The molecule has 0 unspecified atom stereocenters. The van der Waals surface area contributed by atoms with Crippen LogP contribution in [0.5, 0.6) is 0 Å². The summed E-state index contributed by atoms with van der Waals surface area (Å²) < 4.78 is 25.7. The van der Waals surface area contributed by atoms with Gasteiger partial charge in [-0.2, -0.15) is 5.26 Å². The topological polar surface area (TPSA) is 35.8 Å². The number of halogens is 2. The molecular weight excluding hydrogens is 186 g/mol. The maximum Gasteiger partial charge on any atom is 0.127 e. The molecule has 1 aromatic carbocycles. The lowest BCUT2D eigenvalue weighted by atomic mass is 10.2. The highest BCUT2D eigenvalue weighted by atomic mass is 19.1. The van der Waals surface area contributed by atoms with Gasteiger partial charge in [0.1, 0.15) is 11.6 Å². The van der Waals surface area contributed by atoms with E-state index in [0.29, 0.717) is 13.0 Å². The molecule has 14 heavy (non-hydrogen) atoms. The lowest BCUT2D eigenvalue weighted by Gasteiger charge is -2.03. The highest BCUT2D eigenvalue weighted by Crippen LogP contribution is 2.08. The van der Waals surface area contributed by atoms with Crippen LogP contribution in [0, 0.1) is 23.0 Å². The first-order chi connectivity index (χ1) is 6.74.